The van der Waals surface area contributed by atoms with Crippen molar-refractivity contribution in [3.8, 4) is 11.3 Å². The molecule has 0 saturated carbocycles. The summed E-state index contributed by atoms with van der Waals surface area (Å²) in [5, 5.41) is 11.7. The molecular formula is C19H14N3O4S+. The Hall–Kier alpha value is -3.52. The maximum absolute atomic E-state index is 12.2. The van der Waals surface area contributed by atoms with Gasteiger partial charge in [0.05, 0.1) is 16.2 Å². The van der Waals surface area contributed by atoms with Gasteiger partial charge in [-0.05, 0) is 6.08 Å². The van der Waals surface area contributed by atoms with E-state index in [-0.39, 0.29) is 5.69 Å². The fourth-order valence-electron chi connectivity index (χ4n) is 2.89. The van der Waals surface area contributed by atoms with Crippen LogP contribution in [0.1, 0.15) is 10.6 Å². The van der Waals surface area contributed by atoms with Crippen molar-refractivity contribution in [2.24, 2.45) is 7.05 Å². The normalized spacial score (nSPS) is 11.4. The lowest BCUT2D eigenvalue weighted by atomic mass is 10.1. The number of nitrogens with one attached hydrogen (secondary N) is 1. The smallest absolute Gasteiger partial charge is 0.335 e. The van der Waals surface area contributed by atoms with Crippen LogP contribution in [0.5, 0.6) is 0 Å². The number of non-ortho nitro benzene ring substituents is 1. The van der Waals surface area contributed by atoms with Gasteiger partial charge in [-0.1, -0.05) is 41.7 Å². The molecule has 4 aromatic rings. The summed E-state index contributed by atoms with van der Waals surface area (Å²) in [6.07, 6.45) is 3.47. The first-order valence-electron chi connectivity index (χ1n) is 8.07. The molecule has 0 saturated heterocycles. The van der Waals surface area contributed by atoms with E-state index in [0.717, 1.165) is 20.8 Å². The van der Waals surface area contributed by atoms with E-state index in [1.54, 1.807) is 25.3 Å². The van der Waals surface area contributed by atoms with E-state index < -0.39 is 10.5 Å². The van der Waals surface area contributed by atoms with Crippen LogP contribution in [-0.2, 0) is 7.05 Å². The predicted molar refractivity (Wildman–Crippen MR) is 103 cm³/mol. The molecule has 7 nitrogen and oxygen atoms in total. The fourth-order valence-corrected chi connectivity index (χ4v) is 3.83. The first-order valence-corrected chi connectivity index (χ1v) is 8.88. The predicted octanol–water partition coefficient (Wildman–Crippen LogP) is 3.75. The lowest BCUT2D eigenvalue weighted by Gasteiger charge is -2.01. The molecule has 0 bridgehead atoms. The van der Waals surface area contributed by atoms with E-state index >= 15 is 0 Å². The lowest BCUT2D eigenvalue weighted by Crippen LogP contribution is -2.01. The van der Waals surface area contributed by atoms with Gasteiger partial charge in [0.25, 0.3) is 10.7 Å². The Balaban J connectivity index is 1.75. The Morgan fingerprint density at radius 2 is 1.96 bits per heavy atom. The second-order valence-corrected chi connectivity index (χ2v) is 6.95. The molecule has 0 fully saturated rings. The van der Waals surface area contributed by atoms with Crippen LogP contribution in [0.3, 0.4) is 0 Å². The van der Waals surface area contributed by atoms with Crippen LogP contribution in [0.15, 0.2) is 57.8 Å². The van der Waals surface area contributed by atoms with Crippen LogP contribution in [0.25, 0.3) is 33.6 Å². The molecule has 2 aromatic carbocycles. The van der Waals surface area contributed by atoms with Crippen LogP contribution in [0.2, 0.25) is 0 Å². The van der Waals surface area contributed by atoms with Crippen molar-refractivity contribution in [3.63, 3.8) is 0 Å². The number of aryl methyl sites for hydroxylation is 1. The van der Waals surface area contributed by atoms with Gasteiger partial charge in [-0.15, -0.1) is 0 Å². The molecule has 2 aromatic heterocycles. The zero-order valence-corrected chi connectivity index (χ0v) is 15.0. The van der Waals surface area contributed by atoms with Crippen molar-refractivity contribution in [1.29, 1.82) is 0 Å². The van der Waals surface area contributed by atoms with Gasteiger partial charge in [0.2, 0.25) is 5.52 Å². The molecule has 0 spiro atoms. The zero-order chi connectivity index (χ0) is 19.0. The van der Waals surface area contributed by atoms with Crippen LogP contribution in [-0.4, -0.2) is 9.66 Å². The standard InChI is InChI=1S/C19H13N3O4S/c1-21-18(12-5-3-2-4-6-12)14(19(23)26-21)8-10-17-20-15-9-7-13(22(24)25)11-16(15)27-17/h2-11H,1H3/p+1. The first kappa shape index (κ1) is 16.9. The highest BCUT2D eigenvalue weighted by atomic mass is 32.1. The maximum Gasteiger partial charge on any atom is 0.365 e. The quantitative estimate of drug-likeness (QED) is 0.398. The van der Waals surface area contributed by atoms with Crippen LogP contribution < -0.4 is 10.6 Å². The number of fused-ring (bicyclic) bond motifs is 1. The summed E-state index contributed by atoms with van der Waals surface area (Å²) < 4.78 is 7.44. The van der Waals surface area contributed by atoms with Gasteiger partial charge in [0, 0.05) is 36.9 Å². The second kappa shape index (κ2) is 6.65. The monoisotopic (exact) mass is 380 g/mol. The van der Waals surface area contributed by atoms with E-state index in [4.69, 9.17) is 4.52 Å². The molecule has 4 rings (SSSR count). The van der Waals surface area contributed by atoms with Crippen LogP contribution in [0.4, 0.5) is 5.69 Å². The van der Waals surface area contributed by atoms with Crippen molar-refractivity contribution in [3.05, 3.63) is 79.6 Å². The molecule has 1 N–H and O–H groups in total. The molecule has 0 radical (unpaired) electrons. The molecule has 0 aliphatic heterocycles. The summed E-state index contributed by atoms with van der Waals surface area (Å²) in [6.45, 7) is 0. The second-order valence-electron chi connectivity index (χ2n) is 5.87. The van der Waals surface area contributed by atoms with Crippen molar-refractivity contribution >= 4 is 39.4 Å². The first-order chi connectivity index (χ1) is 13.0. The molecule has 2 heterocycles. The van der Waals surface area contributed by atoms with Gasteiger partial charge in [-0.2, -0.15) is 4.98 Å². The number of hydrogen-bond acceptors (Lipinski definition) is 5. The van der Waals surface area contributed by atoms with Gasteiger partial charge < -0.3 is 4.52 Å². The summed E-state index contributed by atoms with van der Waals surface area (Å²) in [4.78, 5) is 25.9. The Labute approximate surface area is 156 Å². The minimum absolute atomic E-state index is 0.0448. The maximum atomic E-state index is 12.2. The number of rotatable bonds is 4. The SMILES string of the molecule is Cn1oc(=O)c(C=Cc2[nH+]c3ccc([N+](=O)[O-])cc3s2)c1-c1ccccc1. The number of nitrogens with zero attached hydrogens (tertiary/aromatic N) is 2. The molecule has 27 heavy (non-hydrogen) atoms. The fraction of sp³-hybridized carbons (Fsp3) is 0.0526. The number of aromatic amines is 1. The minimum Gasteiger partial charge on any atom is -0.335 e. The van der Waals surface area contributed by atoms with E-state index in [1.165, 1.54) is 28.2 Å². The van der Waals surface area contributed by atoms with Gasteiger partial charge in [-0.3, -0.25) is 10.1 Å². The number of hydrogen-bond donors (Lipinski definition) is 0. The average molecular weight is 380 g/mol. The summed E-state index contributed by atoms with van der Waals surface area (Å²) in [7, 11) is 1.69. The Bertz CT molecular complexity index is 1240. The molecule has 0 aliphatic rings. The molecule has 0 atom stereocenters. The highest BCUT2D eigenvalue weighted by Gasteiger charge is 2.17. The topological polar surface area (TPSA) is 92.4 Å². The molecule has 0 aliphatic carbocycles. The van der Waals surface area contributed by atoms with Gasteiger partial charge in [-0.25, -0.2) is 9.53 Å². The number of thiazole rings is 1. The van der Waals surface area contributed by atoms with E-state index in [9.17, 15) is 14.9 Å². The number of nitro groups is 1. The molecule has 8 heteroatoms. The Morgan fingerprint density at radius 3 is 2.70 bits per heavy atom. The number of benzene rings is 2. The summed E-state index contributed by atoms with van der Waals surface area (Å²) in [5.41, 5.74) is 2.43. The third-order valence-corrected chi connectivity index (χ3v) is 5.13. The summed E-state index contributed by atoms with van der Waals surface area (Å²) >= 11 is 1.38. The van der Waals surface area contributed by atoms with Crippen molar-refractivity contribution < 1.29 is 14.4 Å². The number of aromatic nitrogens is 2. The van der Waals surface area contributed by atoms with Crippen molar-refractivity contribution in [2.45, 2.75) is 0 Å². The molecular weight excluding hydrogens is 366 g/mol. The third-order valence-electron chi connectivity index (χ3n) is 4.11. The highest BCUT2D eigenvalue weighted by Crippen LogP contribution is 2.26. The Kier molecular flexibility index (Phi) is 4.17. The molecule has 0 amide bonds. The van der Waals surface area contributed by atoms with Crippen molar-refractivity contribution in [1.82, 2.24) is 4.74 Å². The van der Waals surface area contributed by atoms with E-state index in [2.05, 4.69) is 4.98 Å². The Morgan fingerprint density at radius 1 is 1.19 bits per heavy atom. The highest BCUT2D eigenvalue weighted by molar-refractivity contribution is 7.18. The van der Waals surface area contributed by atoms with Gasteiger partial charge in [0.1, 0.15) is 4.70 Å². The zero-order valence-electron chi connectivity index (χ0n) is 14.2. The summed E-state index contributed by atoms with van der Waals surface area (Å²) in [6, 6.07) is 14.2. The minimum atomic E-state index is -0.427. The largest absolute Gasteiger partial charge is 0.365 e. The average Bonchev–Trinajstić information content (AvgIpc) is 3.19. The van der Waals surface area contributed by atoms with Gasteiger partial charge in [0.15, 0.2) is 0 Å². The number of nitro benzene ring substituents is 1. The van der Waals surface area contributed by atoms with E-state index in [0.29, 0.717) is 11.3 Å². The van der Waals surface area contributed by atoms with Gasteiger partial charge >= 0.3 is 5.63 Å². The van der Waals surface area contributed by atoms with Crippen LogP contribution in [0, 0.1) is 10.1 Å². The summed E-state index contributed by atoms with van der Waals surface area (Å²) in [5.74, 6) is 0. The van der Waals surface area contributed by atoms with Crippen molar-refractivity contribution in [2.75, 3.05) is 0 Å². The lowest BCUT2D eigenvalue weighted by molar-refractivity contribution is -0.385. The number of H-pyrrole nitrogens is 1. The van der Waals surface area contributed by atoms with Crippen LogP contribution >= 0.6 is 11.3 Å². The molecule has 134 valence electrons. The third kappa shape index (κ3) is 3.18. The van der Waals surface area contributed by atoms with E-state index in [1.807, 2.05) is 30.3 Å². The molecule has 0 unspecified atom stereocenters.